The molecule has 2 heterocycles. The van der Waals surface area contributed by atoms with Crippen LogP contribution in [0.2, 0.25) is 0 Å². The van der Waals surface area contributed by atoms with Gasteiger partial charge in [0.05, 0.1) is 12.2 Å². The lowest BCUT2D eigenvalue weighted by molar-refractivity contribution is -0.134. The molecular formula is C15H28N2O2. The summed E-state index contributed by atoms with van der Waals surface area (Å²) in [5.74, 6) is 1.32. The molecule has 2 saturated heterocycles. The normalized spacial score (nSPS) is 31.2. The molecule has 0 aliphatic carbocycles. The Kier molecular flexibility index (Phi) is 4.85. The van der Waals surface area contributed by atoms with Gasteiger partial charge in [-0.3, -0.25) is 10.1 Å². The number of carbonyl (C=O) groups is 1. The summed E-state index contributed by atoms with van der Waals surface area (Å²) < 4.78 is 5.44. The van der Waals surface area contributed by atoms with E-state index in [1.807, 2.05) is 0 Å². The number of nitrogens with one attached hydrogen (secondary N) is 1. The van der Waals surface area contributed by atoms with Gasteiger partial charge in [0.15, 0.2) is 0 Å². The quantitative estimate of drug-likeness (QED) is 0.848. The molecule has 110 valence electrons. The molecule has 4 heteroatoms. The van der Waals surface area contributed by atoms with Crippen molar-refractivity contribution in [2.24, 2.45) is 11.8 Å². The fraction of sp³-hybridized carbons (Fsp3) is 0.933. The van der Waals surface area contributed by atoms with Crippen LogP contribution in [-0.4, -0.2) is 42.3 Å². The van der Waals surface area contributed by atoms with E-state index in [4.69, 9.17) is 4.74 Å². The number of hydrogen-bond acceptors (Lipinski definition) is 3. The smallest absolute Gasteiger partial charge is 0.241 e. The molecule has 2 aliphatic rings. The highest BCUT2D eigenvalue weighted by atomic mass is 16.5. The zero-order chi connectivity index (χ0) is 14.0. The van der Waals surface area contributed by atoms with Crippen LogP contribution in [0.25, 0.3) is 0 Å². The Bertz CT molecular complexity index is 313. The van der Waals surface area contributed by atoms with Crippen molar-refractivity contribution in [3.8, 4) is 0 Å². The zero-order valence-electron chi connectivity index (χ0n) is 12.7. The maximum atomic E-state index is 12.6. The molecule has 1 amide bonds. The second-order valence-electron chi connectivity index (χ2n) is 6.25. The zero-order valence-corrected chi connectivity index (χ0v) is 12.7. The molecule has 0 spiro atoms. The summed E-state index contributed by atoms with van der Waals surface area (Å²) in [5.41, 5.74) is 0. The van der Waals surface area contributed by atoms with E-state index in [1.165, 1.54) is 0 Å². The van der Waals surface area contributed by atoms with Gasteiger partial charge in [-0.05, 0) is 38.0 Å². The molecule has 19 heavy (non-hydrogen) atoms. The first-order valence-corrected chi connectivity index (χ1v) is 7.72. The van der Waals surface area contributed by atoms with E-state index in [1.54, 1.807) is 0 Å². The van der Waals surface area contributed by atoms with Gasteiger partial charge >= 0.3 is 0 Å². The van der Waals surface area contributed by atoms with Crippen LogP contribution in [0, 0.1) is 11.8 Å². The number of rotatable bonds is 4. The monoisotopic (exact) mass is 268 g/mol. The third-order valence-corrected chi connectivity index (χ3v) is 4.65. The third-order valence-electron chi connectivity index (χ3n) is 4.65. The minimum absolute atomic E-state index is 0.00897. The minimum Gasteiger partial charge on any atom is -0.381 e. The summed E-state index contributed by atoms with van der Waals surface area (Å²) in [5, 5.41) is 3.51. The second-order valence-corrected chi connectivity index (χ2v) is 6.25. The molecule has 0 bridgehead atoms. The van der Waals surface area contributed by atoms with Gasteiger partial charge in [0, 0.05) is 19.3 Å². The van der Waals surface area contributed by atoms with Crippen molar-refractivity contribution in [2.45, 2.75) is 65.2 Å². The molecule has 1 N–H and O–H groups in total. The van der Waals surface area contributed by atoms with E-state index in [0.29, 0.717) is 23.8 Å². The lowest BCUT2D eigenvalue weighted by atomic mass is 9.91. The standard InChI is InChI=1S/C15H28N2O2/c1-5-13-15(18)17(14(16-13)10(2)3)11(4)12-6-8-19-9-7-12/h10-14,16H,5-9H2,1-4H3. The Balaban J connectivity index is 2.11. The maximum Gasteiger partial charge on any atom is 0.241 e. The van der Waals surface area contributed by atoms with Gasteiger partial charge in [-0.25, -0.2) is 0 Å². The highest BCUT2D eigenvalue weighted by Crippen LogP contribution is 2.29. The maximum absolute atomic E-state index is 12.6. The highest BCUT2D eigenvalue weighted by Gasteiger charge is 2.43. The summed E-state index contributed by atoms with van der Waals surface area (Å²) in [6.07, 6.45) is 3.22. The van der Waals surface area contributed by atoms with Crippen LogP contribution in [0.4, 0.5) is 0 Å². The number of carbonyl (C=O) groups excluding carboxylic acids is 1. The van der Waals surface area contributed by atoms with E-state index in [2.05, 4.69) is 37.9 Å². The van der Waals surface area contributed by atoms with Crippen LogP contribution < -0.4 is 5.32 Å². The number of hydrogen-bond donors (Lipinski definition) is 1. The Labute approximate surface area is 116 Å². The summed E-state index contributed by atoms with van der Waals surface area (Å²) in [4.78, 5) is 14.7. The minimum atomic E-state index is 0.00897. The predicted octanol–water partition coefficient (Wildman–Crippen LogP) is 1.99. The SMILES string of the molecule is CCC1NC(C(C)C)N(C(C)C2CCOCC2)C1=O. The fourth-order valence-electron chi connectivity index (χ4n) is 3.36. The first kappa shape index (κ1) is 14.8. The average Bonchev–Trinajstić information content (AvgIpc) is 2.76. The molecule has 2 fully saturated rings. The van der Waals surface area contributed by atoms with Gasteiger partial charge in [0.25, 0.3) is 0 Å². The lowest BCUT2D eigenvalue weighted by Crippen LogP contribution is -2.49. The first-order valence-electron chi connectivity index (χ1n) is 7.72. The van der Waals surface area contributed by atoms with Gasteiger partial charge in [-0.2, -0.15) is 0 Å². The lowest BCUT2D eigenvalue weighted by Gasteiger charge is -2.38. The Hall–Kier alpha value is -0.610. The molecule has 0 aromatic carbocycles. The molecule has 3 unspecified atom stereocenters. The predicted molar refractivity (Wildman–Crippen MR) is 75.7 cm³/mol. The van der Waals surface area contributed by atoms with E-state index < -0.39 is 0 Å². The Morgan fingerprint density at radius 1 is 1.32 bits per heavy atom. The van der Waals surface area contributed by atoms with Crippen LogP contribution in [0.3, 0.4) is 0 Å². The largest absolute Gasteiger partial charge is 0.381 e. The van der Waals surface area contributed by atoms with Gasteiger partial charge in [0.2, 0.25) is 5.91 Å². The van der Waals surface area contributed by atoms with Gasteiger partial charge in [-0.15, -0.1) is 0 Å². The molecule has 0 aromatic heterocycles. The molecule has 2 rings (SSSR count). The van der Waals surface area contributed by atoms with E-state index in [9.17, 15) is 4.79 Å². The summed E-state index contributed by atoms with van der Waals surface area (Å²) >= 11 is 0. The van der Waals surface area contributed by atoms with Crippen LogP contribution >= 0.6 is 0 Å². The highest BCUT2D eigenvalue weighted by molar-refractivity contribution is 5.84. The van der Waals surface area contributed by atoms with Crippen LogP contribution in [0.15, 0.2) is 0 Å². The molecule has 3 atom stereocenters. The van der Waals surface area contributed by atoms with Crippen molar-refractivity contribution < 1.29 is 9.53 Å². The Morgan fingerprint density at radius 2 is 1.95 bits per heavy atom. The van der Waals surface area contributed by atoms with Crippen LogP contribution in [0.5, 0.6) is 0 Å². The third kappa shape index (κ3) is 2.95. The summed E-state index contributed by atoms with van der Waals surface area (Å²) in [6, 6.07) is 0.322. The fourth-order valence-corrected chi connectivity index (χ4v) is 3.36. The van der Waals surface area contributed by atoms with E-state index >= 15 is 0 Å². The van der Waals surface area contributed by atoms with Crippen molar-refractivity contribution >= 4 is 5.91 Å². The van der Waals surface area contributed by atoms with Crippen molar-refractivity contribution in [3.63, 3.8) is 0 Å². The van der Waals surface area contributed by atoms with Crippen LogP contribution in [0.1, 0.15) is 47.0 Å². The van der Waals surface area contributed by atoms with Gasteiger partial charge < -0.3 is 9.64 Å². The number of amides is 1. The molecule has 0 saturated carbocycles. The van der Waals surface area contributed by atoms with Crippen molar-refractivity contribution in [1.82, 2.24) is 10.2 Å². The van der Waals surface area contributed by atoms with Crippen molar-refractivity contribution in [2.75, 3.05) is 13.2 Å². The number of nitrogens with zero attached hydrogens (tertiary/aromatic N) is 1. The van der Waals surface area contributed by atoms with E-state index in [-0.39, 0.29) is 12.2 Å². The van der Waals surface area contributed by atoms with Crippen molar-refractivity contribution in [3.05, 3.63) is 0 Å². The molecule has 0 aromatic rings. The summed E-state index contributed by atoms with van der Waals surface area (Å²) in [6.45, 7) is 10.3. The number of ether oxygens (including phenoxy) is 1. The second kappa shape index (κ2) is 6.23. The molecule has 2 aliphatic heterocycles. The van der Waals surface area contributed by atoms with Crippen molar-refractivity contribution in [1.29, 1.82) is 0 Å². The van der Waals surface area contributed by atoms with Gasteiger partial charge in [-0.1, -0.05) is 20.8 Å². The van der Waals surface area contributed by atoms with E-state index in [0.717, 1.165) is 32.5 Å². The van der Waals surface area contributed by atoms with Crippen LogP contribution in [-0.2, 0) is 9.53 Å². The topological polar surface area (TPSA) is 41.6 Å². The van der Waals surface area contributed by atoms with Gasteiger partial charge in [0.1, 0.15) is 0 Å². The Morgan fingerprint density at radius 3 is 2.47 bits per heavy atom. The first-order chi connectivity index (χ1) is 9.06. The average molecular weight is 268 g/mol. The molecule has 0 radical (unpaired) electrons. The molecule has 4 nitrogen and oxygen atoms in total. The molecular weight excluding hydrogens is 240 g/mol. The summed E-state index contributed by atoms with van der Waals surface area (Å²) in [7, 11) is 0.